The number of ether oxygens (including phenoxy) is 1. The van der Waals surface area contributed by atoms with Crippen LogP contribution in [0.5, 0.6) is 5.75 Å². The number of aryl methyl sites for hydroxylation is 1. The van der Waals surface area contributed by atoms with Gasteiger partial charge in [0, 0.05) is 32.7 Å². The summed E-state index contributed by atoms with van der Waals surface area (Å²) in [7, 11) is 0. The molecule has 2 nitrogen and oxygen atoms in total. The van der Waals surface area contributed by atoms with Crippen LogP contribution >= 0.6 is 0 Å². The van der Waals surface area contributed by atoms with Crippen LogP contribution in [-0.2, 0) is 32.7 Å². The summed E-state index contributed by atoms with van der Waals surface area (Å²) in [5.74, 6) is 0.768. The molecule has 0 unspecified atom stereocenters. The minimum Gasteiger partial charge on any atom is -0.495 e. The predicted molar refractivity (Wildman–Crippen MR) is 56.3 cm³/mol. The van der Waals surface area contributed by atoms with Crippen molar-refractivity contribution in [3.05, 3.63) is 36.2 Å². The van der Waals surface area contributed by atoms with E-state index in [-0.39, 0.29) is 32.7 Å². The summed E-state index contributed by atoms with van der Waals surface area (Å²) < 4.78 is 5.44. The molecule has 15 heavy (non-hydrogen) atoms. The molecule has 0 amide bonds. The molecule has 1 aromatic rings. The fraction of sp³-hybridized carbons (Fsp3) is 0.417. The van der Waals surface area contributed by atoms with E-state index in [1.807, 2.05) is 26.0 Å². The van der Waals surface area contributed by atoms with E-state index in [4.69, 9.17) is 4.74 Å². The van der Waals surface area contributed by atoms with Gasteiger partial charge < -0.3 is 28.4 Å². The summed E-state index contributed by atoms with van der Waals surface area (Å²) in [5.41, 5.74) is 1.78. The molecule has 0 aliphatic heterocycles. The first-order valence-electron chi connectivity index (χ1n) is 4.79. The van der Waals surface area contributed by atoms with E-state index in [9.17, 15) is 5.11 Å². The number of aliphatic hydroxyl groups is 1. The van der Waals surface area contributed by atoms with Crippen molar-refractivity contribution in [2.24, 2.45) is 0 Å². The zero-order valence-corrected chi connectivity index (χ0v) is 12.1. The van der Waals surface area contributed by atoms with Crippen LogP contribution in [0, 0.1) is 19.9 Å². The minimum atomic E-state index is -0.395. The topological polar surface area (TPSA) is 29.5 Å². The Morgan fingerprint density at radius 1 is 1.53 bits per heavy atom. The fourth-order valence-corrected chi connectivity index (χ4v) is 1.11. The van der Waals surface area contributed by atoms with Gasteiger partial charge in [0.15, 0.2) is 0 Å². The molecule has 0 heterocycles. The van der Waals surface area contributed by atoms with Gasteiger partial charge in [-0.2, -0.15) is 0 Å². The van der Waals surface area contributed by atoms with Crippen molar-refractivity contribution in [2.45, 2.75) is 26.4 Å². The van der Waals surface area contributed by atoms with Gasteiger partial charge in [0.25, 0.3) is 0 Å². The van der Waals surface area contributed by atoms with Gasteiger partial charge in [-0.25, -0.2) is 0 Å². The molecule has 1 atom stereocenters. The Kier molecular flexibility index (Phi) is 7.24. The third-order valence-electron chi connectivity index (χ3n) is 2.06. The van der Waals surface area contributed by atoms with Gasteiger partial charge in [0.2, 0.25) is 0 Å². The number of aliphatic hydroxyl groups excluding tert-OH is 1. The van der Waals surface area contributed by atoms with Crippen LogP contribution in [0.3, 0.4) is 0 Å². The zero-order chi connectivity index (χ0) is 10.6. The van der Waals surface area contributed by atoms with E-state index in [0.717, 1.165) is 16.9 Å². The summed E-state index contributed by atoms with van der Waals surface area (Å²) in [6.07, 6.45) is 0.310. The third-order valence-corrected chi connectivity index (χ3v) is 2.06. The molecule has 81 valence electrons. The maximum Gasteiger partial charge on any atom is 0.114 e. The van der Waals surface area contributed by atoms with Crippen LogP contribution in [0.2, 0.25) is 0 Å². The Balaban J connectivity index is 0.00000196. The average molecular weight is 281 g/mol. The molecule has 1 N–H and O–H groups in total. The van der Waals surface area contributed by atoms with E-state index < -0.39 is 6.10 Å². The maximum absolute atomic E-state index is 9.32. The van der Waals surface area contributed by atoms with Crippen molar-refractivity contribution >= 4 is 0 Å². The van der Waals surface area contributed by atoms with Gasteiger partial charge in [-0.05, 0) is 6.42 Å². The van der Waals surface area contributed by atoms with Gasteiger partial charge >= 0.3 is 0 Å². The summed E-state index contributed by atoms with van der Waals surface area (Å²) >= 11 is 0. The van der Waals surface area contributed by atoms with Crippen molar-refractivity contribution in [2.75, 3.05) is 6.61 Å². The molecule has 0 aromatic heterocycles. The Bertz CT molecular complexity index is 300. The smallest absolute Gasteiger partial charge is 0.114 e. The zero-order valence-electron chi connectivity index (χ0n) is 9.29. The van der Waals surface area contributed by atoms with Crippen molar-refractivity contribution in [3.63, 3.8) is 0 Å². The Morgan fingerprint density at radius 2 is 2.20 bits per heavy atom. The van der Waals surface area contributed by atoms with Crippen molar-refractivity contribution in [1.29, 1.82) is 0 Å². The molecule has 1 aromatic carbocycles. The Hall–Kier alpha value is -0.0461. The molecule has 1 rings (SSSR count). The normalized spacial score (nSPS) is 11.7. The van der Waals surface area contributed by atoms with Crippen LogP contribution in [0.25, 0.3) is 0 Å². The Labute approximate surface area is 117 Å². The Morgan fingerprint density at radius 3 is 2.73 bits per heavy atom. The number of benzene rings is 1. The van der Waals surface area contributed by atoms with Crippen molar-refractivity contribution in [1.82, 2.24) is 0 Å². The summed E-state index contributed by atoms with van der Waals surface area (Å²) in [6.45, 7) is 7.95. The first-order chi connectivity index (χ1) is 6.63. The molecule has 0 saturated heterocycles. The van der Waals surface area contributed by atoms with E-state index in [1.165, 1.54) is 0 Å². The molecule has 0 bridgehead atoms. The molecule has 1 radical (unpaired) electrons. The maximum atomic E-state index is 9.32. The van der Waals surface area contributed by atoms with Gasteiger partial charge in [-0.3, -0.25) is 6.07 Å². The summed E-state index contributed by atoms with van der Waals surface area (Å²) in [6, 6.07) is 6.77. The first-order valence-corrected chi connectivity index (χ1v) is 4.79. The largest absolute Gasteiger partial charge is 0.495 e. The summed E-state index contributed by atoms with van der Waals surface area (Å²) in [5, 5.41) is 9.32. The molecule has 0 saturated carbocycles. The average Bonchev–Trinajstić information content (AvgIpc) is 2.16. The van der Waals surface area contributed by atoms with Gasteiger partial charge in [-0.15, -0.1) is 11.6 Å². The molecule has 0 fully saturated rings. The fourth-order valence-electron chi connectivity index (χ4n) is 1.11. The monoisotopic (exact) mass is 281 g/mol. The van der Waals surface area contributed by atoms with Crippen LogP contribution < -0.4 is 4.74 Å². The van der Waals surface area contributed by atoms with Crippen molar-refractivity contribution < 1.29 is 42.6 Å². The van der Waals surface area contributed by atoms with Crippen LogP contribution in [-0.4, -0.2) is 17.8 Å². The second kappa shape index (κ2) is 7.26. The van der Waals surface area contributed by atoms with Gasteiger partial charge in [0.05, 0.1) is 11.9 Å². The van der Waals surface area contributed by atoms with E-state index in [2.05, 4.69) is 13.0 Å². The van der Waals surface area contributed by atoms with Gasteiger partial charge in [-0.1, -0.05) is 13.8 Å². The SMILES string of the molecule is [CH2-]c1[c-]c(C)c(OC[C@@H](O)CC)cc1.[Y]. The third kappa shape index (κ3) is 5.01. The van der Waals surface area contributed by atoms with E-state index in [1.54, 1.807) is 0 Å². The minimum absolute atomic E-state index is 0. The molecular weight excluding hydrogens is 265 g/mol. The number of rotatable bonds is 4. The number of hydrogen-bond donors (Lipinski definition) is 1. The quantitative estimate of drug-likeness (QED) is 0.857. The van der Waals surface area contributed by atoms with Crippen LogP contribution in [0.15, 0.2) is 12.1 Å². The van der Waals surface area contributed by atoms with E-state index >= 15 is 0 Å². The molecule has 0 aliphatic carbocycles. The predicted octanol–water partition coefficient (Wildman–Crippen LogP) is 2.12. The first kappa shape index (κ1) is 15.0. The molecule has 0 aliphatic rings. The molecule has 0 spiro atoms. The van der Waals surface area contributed by atoms with Crippen LogP contribution in [0.1, 0.15) is 24.5 Å². The van der Waals surface area contributed by atoms with Crippen LogP contribution in [0.4, 0.5) is 0 Å². The molecular formula is C12H16O2Y-2. The second-order valence-corrected chi connectivity index (χ2v) is 3.35. The van der Waals surface area contributed by atoms with Crippen molar-refractivity contribution in [3.8, 4) is 5.75 Å². The molecule has 3 heteroatoms. The van der Waals surface area contributed by atoms with Gasteiger partial charge in [0.1, 0.15) is 6.61 Å². The van der Waals surface area contributed by atoms with E-state index in [0.29, 0.717) is 13.0 Å². The second-order valence-electron chi connectivity index (χ2n) is 3.35. The summed E-state index contributed by atoms with van der Waals surface area (Å²) in [4.78, 5) is 0. The standard InChI is InChI=1S/C12H16O2.Y/c1-4-11(13)8-14-12-6-5-9(2)7-10(12)3;/h5-6,11,13H,2,4,8H2,1,3H3;/q-2;/t11-;/m0./s1. The number of hydrogen-bond acceptors (Lipinski definition) is 2.